The largest absolute Gasteiger partial charge is 0.495 e. The minimum Gasteiger partial charge on any atom is -0.495 e. The molecule has 2 rings (SSSR count). The minimum absolute atomic E-state index is 0.596. The number of ether oxygens (including phenoxy) is 1. The Hall–Kier alpha value is -2.17. The summed E-state index contributed by atoms with van der Waals surface area (Å²) in [5, 5.41) is 7.51. The Morgan fingerprint density at radius 2 is 2.12 bits per heavy atom. The third-order valence-corrected chi connectivity index (χ3v) is 2.57. The van der Waals surface area contributed by atoms with E-state index < -0.39 is 0 Å². The highest BCUT2D eigenvalue weighted by Gasteiger charge is 2.08. The first-order valence-corrected chi connectivity index (χ1v) is 5.31. The van der Waals surface area contributed by atoms with Crippen molar-refractivity contribution in [3.05, 3.63) is 30.1 Å². The fraction of sp³-hybridized carbons (Fsp3) is 0.250. The van der Waals surface area contributed by atoms with Crippen LogP contribution in [0, 0.1) is 6.92 Å². The summed E-state index contributed by atoms with van der Waals surface area (Å²) in [6, 6.07) is 5.63. The summed E-state index contributed by atoms with van der Waals surface area (Å²) in [7, 11) is 3.48. The zero-order valence-electron chi connectivity index (χ0n) is 10.2. The number of aromatic nitrogens is 2. The summed E-state index contributed by atoms with van der Waals surface area (Å²) >= 11 is 0. The van der Waals surface area contributed by atoms with E-state index in [9.17, 15) is 0 Å². The van der Waals surface area contributed by atoms with Crippen LogP contribution in [0.5, 0.6) is 5.75 Å². The summed E-state index contributed by atoms with van der Waals surface area (Å²) in [6.07, 6.45) is 1.91. The van der Waals surface area contributed by atoms with Crippen LogP contribution in [-0.2, 0) is 7.05 Å². The van der Waals surface area contributed by atoms with Crippen molar-refractivity contribution in [3.63, 3.8) is 0 Å². The lowest BCUT2D eigenvalue weighted by atomic mass is 10.2. The number of aryl methyl sites for hydroxylation is 2. The first kappa shape index (κ1) is 11.3. The van der Waals surface area contributed by atoms with E-state index in [0.717, 1.165) is 17.1 Å². The van der Waals surface area contributed by atoms with E-state index in [1.165, 1.54) is 0 Å². The number of methoxy groups -OCH3 is 1. The van der Waals surface area contributed by atoms with Gasteiger partial charge >= 0.3 is 0 Å². The Labute approximate surface area is 100 Å². The minimum atomic E-state index is 0.596. The highest BCUT2D eigenvalue weighted by molar-refractivity contribution is 5.77. The maximum absolute atomic E-state index is 5.98. The summed E-state index contributed by atoms with van der Waals surface area (Å²) in [5.41, 5.74) is 9.26. The Morgan fingerprint density at radius 1 is 1.35 bits per heavy atom. The summed E-state index contributed by atoms with van der Waals surface area (Å²) in [4.78, 5) is 0. The average molecular weight is 232 g/mol. The van der Waals surface area contributed by atoms with Crippen molar-refractivity contribution in [2.45, 2.75) is 6.92 Å². The highest BCUT2D eigenvalue weighted by atomic mass is 16.5. The van der Waals surface area contributed by atoms with Gasteiger partial charge in [-0.25, -0.2) is 0 Å². The number of nitrogens with zero attached hydrogens (tertiary/aromatic N) is 2. The molecule has 0 amide bonds. The van der Waals surface area contributed by atoms with Crippen LogP contribution in [0.4, 0.5) is 17.1 Å². The predicted octanol–water partition coefficient (Wildman–Crippen LogP) is 2.06. The Balaban J connectivity index is 2.33. The molecule has 0 bridgehead atoms. The molecule has 0 fully saturated rings. The molecule has 0 atom stereocenters. The SMILES string of the molecule is COc1cccc(Nc2cn(C)nc2C)c1N. The fourth-order valence-electron chi connectivity index (χ4n) is 1.70. The maximum atomic E-state index is 5.98. The van der Waals surface area contributed by atoms with E-state index >= 15 is 0 Å². The normalized spacial score (nSPS) is 10.3. The van der Waals surface area contributed by atoms with Crippen molar-refractivity contribution in [3.8, 4) is 5.75 Å². The molecule has 2 aromatic rings. The lowest BCUT2D eigenvalue weighted by Gasteiger charge is -2.11. The molecule has 3 N–H and O–H groups in total. The van der Waals surface area contributed by atoms with Crippen LogP contribution in [0.25, 0.3) is 0 Å². The summed E-state index contributed by atoms with van der Waals surface area (Å²) in [5.74, 6) is 0.663. The van der Waals surface area contributed by atoms with E-state index in [-0.39, 0.29) is 0 Å². The second kappa shape index (κ2) is 4.37. The van der Waals surface area contributed by atoms with Gasteiger partial charge in [0.1, 0.15) is 5.75 Å². The standard InChI is InChI=1S/C12H16N4O/c1-8-10(7-16(2)15-8)14-9-5-4-6-11(17-3)12(9)13/h4-7,14H,13H2,1-3H3. The van der Waals surface area contributed by atoms with E-state index in [1.54, 1.807) is 11.8 Å². The number of hydrogen-bond acceptors (Lipinski definition) is 4. The van der Waals surface area contributed by atoms with Gasteiger partial charge in [-0.05, 0) is 19.1 Å². The number of benzene rings is 1. The van der Waals surface area contributed by atoms with Crippen molar-refractivity contribution >= 4 is 17.1 Å². The van der Waals surface area contributed by atoms with Gasteiger partial charge in [0.25, 0.3) is 0 Å². The quantitative estimate of drug-likeness (QED) is 0.795. The lowest BCUT2D eigenvalue weighted by Crippen LogP contribution is -1.99. The van der Waals surface area contributed by atoms with Gasteiger partial charge in [0.15, 0.2) is 0 Å². The number of rotatable bonds is 3. The van der Waals surface area contributed by atoms with Crippen LogP contribution in [-0.4, -0.2) is 16.9 Å². The van der Waals surface area contributed by atoms with Crippen LogP contribution in [0.3, 0.4) is 0 Å². The molecule has 0 saturated heterocycles. The molecule has 17 heavy (non-hydrogen) atoms. The summed E-state index contributed by atoms with van der Waals surface area (Å²) in [6.45, 7) is 1.94. The molecule has 5 nitrogen and oxygen atoms in total. The third kappa shape index (κ3) is 2.18. The van der Waals surface area contributed by atoms with Gasteiger partial charge in [-0.15, -0.1) is 0 Å². The highest BCUT2D eigenvalue weighted by Crippen LogP contribution is 2.31. The molecule has 0 saturated carbocycles. The molecule has 1 aromatic carbocycles. The van der Waals surface area contributed by atoms with Gasteiger partial charge in [-0.2, -0.15) is 5.10 Å². The van der Waals surface area contributed by atoms with Crippen LogP contribution >= 0.6 is 0 Å². The van der Waals surface area contributed by atoms with Crippen molar-refractivity contribution in [1.29, 1.82) is 0 Å². The average Bonchev–Trinajstić information content (AvgIpc) is 2.60. The van der Waals surface area contributed by atoms with Crippen LogP contribution in [0.1, 0.15) is 5.69 Å². The molecule has 1 heterocycles. The van der Waals surface area contributed by atoms with Gasteiger partial charge in [0, 0.05) is 13.2 Å². The molecule has 0 unspecified atom stereocenters. The topological polar surface area (TPSA) is 65.1 Å². The van der Waals surface area contributed by atoms with E-state index in [2.05, 4.69) is 10.4 Å². The van der Waals surface area contributed by atoms with Crippen molar-refractivity contribution in [1.82, 2.24) is 9.78 Å². The molecule has 5 heteroatoms. The molecule has 0 aliphatic heterocycles. The fourth-order valence-corrected chi connectivity index (χ4v) is 1.70. The van der Waals surface area contributed by atoms with Crippen LogP contribution in [0.15, 0.2) is 24.4 Å². The number of nitrogens with two attached hydrogens (primary N) is 1. The smallest absolute Gasteiger partial charge is 0.143 e. The Bertz CT molecular complexity index is 533. The molecule has 90 valence electrons. The molecule has 1 aromatic heterocycles. The number of nitrogens with one attached hydrogen (secondary N) is 1. The second-order valence-electron chi connectivity index (χ2n) is 3.85. The van der Waals surface area contributed by atoms with Gasteiger partial charge in [-0.3, -0.25) is 4.68 Å². The summed E-state index contributed by atoms with van der Waals surface area (Å²) < 4.78 is 6.93. The molecule has 0 aliphatic carbocycles. The van der Waals surface area contributed by atoms with Crippen molar-refractivity contribution in [2.24, 2.45) is 7.05 Å². The number of nitrogen functional groups attached to an aromatic ring is 1. The van der Waals surface area contributed by atoms with E-state index in [1.807, 2.05) is 38.4 Å². The number of para-hydroxylation sites is 1. The van der Waals surface area contributed by atoms with E-state index in [0.29, 0.717) is 11.4 Å². The monoisotopic (exact) mass is 232 g/mol. The van der Waals surface area contributed by atoms with E-state index in [4.69, 9.17) is 10.5 Å². The van der Waals surface area contributed by atoms with Crippen molar-refractivity contribution in [2.75, 3.05) is 18.2 Å². The second-order valence-corrected chi connectivity index (χ2v) is 3.85. The maximum Gasteiger partial charge on any atom is 0.143 e. The van der Waals surface area contributed by atoms with Gasteiger partial charge < -0.3 is 15.8 Å². The first-order chi connectivity index (χ1) is 8.11. The Kier molecular flexibility index (Phi) is 2.91. The van der Waals surface area contributed by atoms with Gasteiger partial charge in [0.2, 0.25) is 0 Å². The number of hydrogen-bond donors (Lipinski definition) is 2. The molecule has 0 spiro atoms. The lowest BCUT2D eigenvalue weighted by molar-refractivity contribution is 0.417. The van der Waals surface area contributed by atoms with Crippen molar-refractivity contribution < 1.29 is 4.74 Å². The molecule has 0 radical (unpaired) electrons. The molecular formula is C12H16N4O. The zero-order valence-corrected chi connectivity index (χ0v) is 10.2. The third-order valence-electron chi connectivity index (χ3n) is 2.57. The van der Waals surface area contributed by atoms with Crippen LogP contribution < -0.4 is 15.8 Å². The predicted molar refractivity (Wildman–Crippen MR) is 68.6 cm³/mol. The van der Waals surface area contributed by atoms with Gasteiger partial charge in [-0.1, -0.05) is 6.07 Å². The number of anilines is 3. The molecular weight excluding hydrogens is 216 g/mol. The first-order valence-electron chi connectivity index (χ1n) is 5.31. The van der Waals surface area contributed by atoms with Gasteiger partial charge in [0.05, 0.1) is 29.9 Å². The molecule has 0 aliphatic rings. The zero-order chi connectivity index (χ0) is 12.4. The van der Waals surface area contributed by atoms with Crippen LogP contribution in [0.2, 0.25) is 0 Å². The Morgan fingerprint density at radius 3 is 2.71 bits per heavy atom.